The standard InChI is InChI=1S/C13H17ClO3/c1-5-16-13(15)10-6-7-11(17-8(2)3)9(4)12(10)14/h6-8H,5H2,1-4H3. The van der Waals surface area contributed by atoms with E-state index >= 15 is 0 Å². The highest BCUT2D eigenvalue weighted by Gasteiger charge is 2.16. The number of benzene rings is 1. The van der Waals surface area contributed by atoms with Crippen molar-refractivity contribution in [3.8, 4) is 5.75 Å². The van der Waals surface area contributed by atoms with Gasteiger partial charge in [0.15, 0.2) is 0 Å². The summed E-state index contributed by atoms with van der Waals surface area (Å²) in [6.07, 6.45) is 0.0678. The Kier molecular flexibility index (Phi) is 4.82. The molecule has 0 radical (unpaired) electrons. The van der Waals surface area contributed by atoms with Crippen LogP contribution >= 0.6 is 11.6 Å². The van der Waals surface area contributed by atoms with E-state index in [4.69, 9.17) is 21.1 Å². The van der Waals surface area contributed by atoms with Gasteiger partial charge in [0.25, 0.3) is 0 Å². The molecule has 1 rings (SSSR count). The van der Waals surface area contributed by atoms with E-state index in [1.165, 1.54) is 0 Å². The third-order valence-electron chi connectivity index (χ3n) is 2.19. The molecule has 94 valence electrons. The average Bonchev–Trinajstić information content (AvgIpc) is 2.24. The summed E-state index contributed by atoms with van der Waals surface area (Å²) in [6, 6.07) is 3.37. The molecule has 0 bridgehead atoms. The molecule has 0 atom stereocenters. The molecule has 0 aliphatic heterocycles. The van der Waals surface area contributed by atoms with Crippen LogP contribution in [0.25, 0.3) is 0 Å². The third-order valence-corrected chi connectivity index (χ3v) is 2.68. The lowest BCUT2D eigenvalue weighted by molar-refractivity contribution is 0.0526. The Hall–Kier alpha value is -1.22. The quantitative estimate of drug-likeness (QED) is 0.772. The van der Waals surface area contributed by atoms with Gasteiger partial charge < -0.3 is 9.47 Å². The molecule has 0 saturated heterocycles. The number of carbonyl (C=O) groups is 1. The minimum absolute atomic E-state index is 0.0678. The van der Waals surface area contributed by atoms with E-state index in [2.05, 4.69) is 0 Å². The van der Waals surface area contributed by atoms with Gasteiger partial charge in [-0.2, -0.15) is 0 Å². The zero-order valence-corrected chi connectivity index (χ0v) is 11.3. The summed E-state index contributed by atoms with van der Waals surface area (Å²) < 4.78 is 10.5. The molecule has 0 spiro atoms. The summed E-state index contributed by atoms with van der Waals surface area (Å²) in [5, 5.41) is 0.390. The summed E-state index contributed by atoms with van der Waals surface area (Å²) in [4.78, 5) is 11.6. The zero-order chi connectivity index (χ0) is 13.0. The first-order valence-electron chi connectivity index (χ1n) is 5.60. The van der Waals surface area contributed by atoms with Crippen molar-refractivity contribution in [3.63, 3.8) is 0 Å². The molecule has 0 heterocycles. The highest BCUT2D eigenvalue weighted by molar-refractivity contribution is 6.34. The topological polar surface area (TPSA) is 35.5 Å². The normalized spacial score (nSPS) is 10.5. The largest absolute Gasteiger partial charge is 0.491 e. The Balaban J connectivity index is 3.06. The predicted octanol–water partition coefficient (Wildman–Crippen LogP) is 3.61. The smallest absolute Gasteiger partial charge is 0.339 e. The van der Waals surface area contributed by atoms with Crippen molar-refractivity contribution < 1.29 is 14.3 Å². The fraction of sp³-hybridized carbons (Fsp3) is 0.462. The fourth-order valence-corrected chi connectivity index (χ4v) is 1.65. The van der Waals surface area contributed by atoms with Gasteiger partial charge in [0.2, 0.25) is 0 Å². The summed E-state index contributed by atoms with van der Waals surface area (Å²) in [6.45, 7) is 7.79. The average molecular weight is 257 g/mol. The number of halogens is 1. The molecular weight excluding hydrogens is 240 g/mol. The zero-order valence-electron chi connectivity index (χ0n) is 10.5. The van der Waals surface area contributed by atoms with Crippen molar-refractivity contribution >= 4 is 17.6 Å². The summed E-state index contributed by atoms with van der Waals surface area (Å²) in [5.41, 5.74) is 1.13. The molecule has 4 heteroatoms. The number of rotatable bonds is 4. The van der Waals surface area contributed by atoms with Crippen LogP contribution in [0.3, 0.4) is 0 Å². The van der Waals surface area contributed by atoms with Crippen LogP contribution in [-0.2, 0) is 4.74 Å². The van der Waals surface area contributed by atoms with Gasteiger partial charge in [0.05, 0.1) is 23.3 Å². The molecule has 0 aliphatic carbocycles. The van der Waals surface area contributed by atoms with Gasteiger partial charge >= 0.3 is 5.97 Å². The highest BCUT2D eigenvalue weighted by atomic mass is 35.5. The number of hydrogen-bond donors (Lipinski definition) is 0. The van der Waals surface area contributed by atoms with Crippen molar-refractivity contribution in [2.24, 2.45) is 0 Å². The molecule has 3 nitrogen and oxygen atoms in total. The Labute approximate surface area is 107 Å². The second-order valence-electron chi connectivity index (χ2n) is 3.94. The van der Waals surface area contributed by atoms with Crippen LogP contribution < -0.4 is 4.74 Å². The maximum absolute atomic E-state index is 11.6. The van der Waals surface area contributed by atoms with E-state index in [0.29, 0.717) is 22.9 Å². The third kappa shape index (κ3) is 3.37. The molecule has 0 N–H and O–H groups in total. The monoisotopic (exact) mass is 256 g/mol. The van der Waals surface area contributed by atoms with Crippen LogP contribution in [0.4, 0.5) is 0 Å². The number of carbonyl (C=O) groups excluding carboxylic acids is 1. The Morgan fingerprint density at radius 3 is 2.59 bits per heavy atom. The van der Waals surface area contributed by atoms with E-state index in [1.807, 2.05) is 20.8 Å². The van der Waals surface area contributed by atoms with E-state index in [-0.39, 0.29) is 6.10 Å². The molecular formula is C13H17ClO3. The fourth-order valence-electron chi connectivity index (χ4n) is 1.42. The molecule has 1 aromatic carbocycles. The Bertz CT molecular complexity index is 413. The van der Waals surface area contributed by atoms with Crippen LogP contribution in [0, 0.1) is 6.92 Å². The molecule has 0 fully saturated rings. The summed E-state index contributed by atoms with van der Waals surface area (Å²) in [5.74, 6) is 0.287. The number of esters is 1. The Morgan fingerprint density at radius 1 is 1.41 bits per heavy atom. The second-order valence-corrected chi connectivity index (χ2v) is 4.32. The van der Waals surface area contributed by atoms with Crippen LogP contribution in [0.5, 0.6) is 5.75 Å². The molecule has 0 amide bonds. The first kappa shape index (κ1) is 13.8. The molecule has 0 unspecified atom stereocenters. The van der Waals surface area contributed by atoms with Crippen molar-refractivity contribution in [3.05, 3.63) is 28.3 Å². The van der Waals surface area contributed by atoms with Crippen LogP contribution in [-0.4, -0.2) is 18.7 Å². The first-order chi connectivity index (χ1) is 7.97. The van der Waals surface area contributed by atoms with Crippen LogP contribution in [0.15, 0.2) is 12.1 Å². The van der Waals surface area contributed by atoms with Crippen molar-refractivity contribution in [2.75, 3.05) is 6.61 Å². The maximum Gasteiger partial charge on any atom is 0.339 e. The predicted molar refractivity (Wildman–Crippen MR) is 67.9 cm³/mol. The van der Waals surface area contributed by atoms with E-state index < -0.39 is 5.97 Å². The molecule has 0 aliphatic rings. The lowest BCUT2D eigenvalue weighted by Gasteiger charge is -2.14. The minimum Gasteiger partial charge on any atom is -0.491 e. The Morgan fingerprint density at radius 2 is 2.06 bits per heavy atom. The molecule has 17 heavy (non-hydrogen) atoms. The van der Waals surface area contributed by atoms with Crippen molar-refractivity contribution in [1.82, 2.24) is 0 Å². The number of ether oxygens (including phenoxy) is 2. The van der Waals surface area contributed by atoms with E-state index in [1.54, 1.807) is 19.1 Å². The SMILES string of the molecule is CCOC(=O)c1ccc(OC(C)C)c(C)c1Cl. The lowest BCUT2D eigenvalue weighted by Crippen LogP contribution is -2.09. The van der Waals surface area contributed by atoms with Crippen LogP contribution in [0.2, 0.25) is 5.02 Å². The van der Waals surface area contributed by atoms with E-state index in [0.717, 1.165) is 5.56 Å². The lowest BCUT2D eigenvalue weighted by atomic mass is 10.1. The van der Waals surface area contributed by atoms with Crippen molar-refractivity contribution in [1.29, 1.82) is 0 Å². The van der Waals surface area contributed by atoms with Gasteiger partial charge in [0.1, 0.15) is 5.75 Å². The molecule has 0 aromatic heterocycles. The van der Waals surface area contributed by atoms with Gasteiger partial charge in [-0.3, -0.25) is 0 Å². The highest BCUT2D eigenvalue weighted by Crippen LogP contribution is 2.30. The minimum atomic E-state index is -0.406. The molecule has 1 aromatic rings. The van der Waals surface area contributed by atoms with Gasteiger partial charge in [-0.25, -0.2) is 4.79 Å². The number of hydrogen-bond acceptors (Lipinski definition) is 3. The van der Waals surface area contributed by atoms with Crippen LogP contribution in [0.1, 0.15) is 36.7 Å². The summed E-state index contributed by atoms with van der Waals surface area (Å²) in [7, 11) is 0. The van der Waals surface area contributed by atoms with E-state index in [9.17, 15) is 4.79 Å². The maximum atomic E-state index is 11.6. The summed E-state index contributed by atoms with van der Waals surface area (Å²) >= 11 is 6.13. The first-order valence-corrected chi connectivity index (χ1v) is 5.98. The van der Waals surface area contributed by atoms with Crippen molar-refractivity contribution in [2.45, 2.75) is 33.8 Å². The van der Waals surface area contributed by atoms with Gasteiger partial charge in [-0.15, -0.1) is 0 Å². The second kappa shape index (κ2) is 5.92. The van der Waals surface area contributed by atoms with Gasteiger partial charge in [-0.05, 0) is 39.8 Å². The molecule has 0 saturated carbocycles. The van der Waals surface area contributed by atoms with Gasteiger partial charge in [0, 0.05) is 5.56 Å². The van der Waals surface area contributed by atoms with Gasteiger partial charge in [-0.1, -0.05) is 11.6 Å².